The first kappa shape index (κ1) is 14.3. The maximum atomic E-state index is 12.3. The van der Waals surface area contributed by atoms with E-state index in [4.69, 9.17) is 23.2 Å². The minimum atomic E-state index is -0.382. The highest BCUT2D eigenvalue weighted by atomic mass is 35.5. The first-order valence-corrected chi connectivity index (χ1v) is 6.31. The Labute approximate surface area is 113 Å². The van der Waals surface area contributed by atoms with Crippen LogP contribution in [0.25, 0.3) is 0 Å². The molecule has 0 saturated heterocycles. The molecule has 0 radical (unpaired) electrons. The van der Waals surface area contributed by atoms with Crippen LogP contribution in [0.3, 0.4) is 0 Å². The molecule has 0 bridgehead atoms. The average Bonchev–Trinajstić information content (AvgIpc) is 2.30. The Hall–Kier alpha value is -0.730. The Balaban J connectivity index is 3.08. The van der Waals surface area contributed by atoms with Crippen molar-refractivity contribution in [1.82, 2.24) is 4.90 Å². The number of benzene rings is 1. The van der Waals surface area contributed by atoms with E-state index in [0.29, 0.717) is 16.5 Å². The molecule has 0 unspecified atom stereocenters. The second kappa shape index (κ2) is 5.28. The number of aryl methyl sites for hydroxylation is 1. The third kappa shape index (κ3) is 3.14. The van der Waals surface area contributed by atoms with Crippen LogP contribution in [0.2, 0.25) is 5.02 Å². The second-order valence-corrected chi connectivity index (χ2v) is 5.47. The van der Waals surface area contributed by atoms with Crippen LogP contribution in [-0.4, -0.2) is 29.3 Å². The van der Waals surface area contributed by atoms with Gasteiger partial charge in [0.15, 0.2) is 0 Å². The predicted octanol–water partition coefficient (Wildman–Crippen LogP) is 3.74. The van der Waals surface area contributed by atoms with E-state index in [2.05, 4.69) is 0 Å². The molecule has 0 fully saturated rings. The van der Waals surface area contributed by atoms with Crippen LogP contribution in [0.15, 0.2) is 18.2 Å². The Morgan fingerprint density at radius 1 is 1.41 bits per heavy atom. The number of amides is 1. The van der Waals surface area contributed by atoms with Gasteiger partial charge >= 0.3 is 0 Å². The van der Waals surface area contributed by atoms with E-state index in [9.17, 15) is 4.79 Å². The summed E-state index contributed by atoms with van der Waals surface area (Å²) in [7, 11) is 1.76. The van der Waals surface area contributed by atoms with Gasteiger partial charge in [-0.25, -0.2) is 0 Å². The summed E-state index contributed by atoms with van der Waals surface area (Å²) in [4.78, 5) is 14.0. The predicted molar refractivity (Wildman–Crippen MR) is 73.1 cm³/mol. The number of alkyl halides is 1. The molecule has 2 nitrogen and oxygen atoms in total. The Bertz CT molecular complexity index is 429. The molecule has 4 heteroatoms. The molecule has 0 aliphatic rings. The molecule has 1 aromatic carbocycles. The zero-order valence-electron chi connectivity index (χ0n) is 10.6. The maximum Gasteiger partial charge on any atom is 0.254 e. The van der Waals surface area contributed by atoms with Gasteiger partial charge < -0.3 is 4.90 Å². The van der Waals surface area contributed by atoms with E-state index in [0.717, 1.165) is 5.56 Å². The number of nitrogens with zero attached hydrogens (tertiary/aromatic N) is 1. The lowest BCUT2D eigenvalue weighted by Gasteiger charge is -2.34. The monoisotopic (exact) mass is 273 g/mol. The van der Waals surface area contributed by atoms with Gasteiger partial charge in [0.05, 0.1) is 5.54 Å². The summed E-state index contributed by atoms with van der Waals surface area (Å²) >= 11 is 11.8. The number of hydrogen-bond acceptors (Lipinski definition) is 1. The molecular weight excluding hydrogens is 257 g/mol. The van der Waals surface area contributed by atoms with E-state index in [1.165, 1.54) is 0 Å². The lowest BCUT2D eigenvalue weighted by atomic mass is 10.0. The van der Waals surface area contributed by atoms with Gasteiger partial charge in [-0.3, -0.25) is 4.79 Å². The van der Waals surface area contributed by atoms with Crippen LogP contribution in [0.1, 0.15) is 29.8 Å². The van der Waals surface area contributed by atoms with Crippen molar-refractivity contribution >= 4 is 29.1 Å². The summed E-state index contributed by atoms with van der Waals surface area (Å²) in [5.74, 6) is 0.324. The van der Waals surface area contributed by atoms with E-state index < -0.39 is 0 Å². The van der Waals surface area contributed by atoms with Crippen LogP contribution in [0, 0.1) is 6.92 Å². The Morgan fingerprint density at radius 3 is 2.53 bits per heavy atom. The molecular formula is C13H17Cl2NO. The fourth-order valence-corrected chi connectivity index (χ4v) is 1.72. The zero-order chi connectivity index (χ0) is 13.2. The minimum absolute atomic E-state index is 0.0596. The van der Waals surface area contributed by atoms with Crippen LogP contribution < -0.4 is 0 Å². The molecule has 1 amide bonds. The summed E-state index contributed by atoms with van der Waals surface area (Å²) in [6.45, 7) is 5.75. The van der Waals surface area contributed by atoms with Crippen LogP contribution in [0.5, 0.6) is 0 Å². The van der Waals surface area contributed by atoms with Gasteiger partial charge in [0.2, 0.25) is 0 Å². The van der Waals surface area contributed by atoms with Crippen molar-refractivity contribution in [1.29, 1.82) is 0 Å². The van der Waals surface area contributed by atoms with Gasteiger partial charge in [-0.05, 0) is 38.5 Å². The van der Waals surface area contributed by atoms with E-state index in [1.807, 2.05) is 26.8 Å². The Kier molecular flexibility index (Phi) is 4.45. The van der Waals surface area contributed by atoms with Crippen LogP contribution in [0.4, 0.5) is 0 Å². The van der Waals surface area contributed by atoms with Crippen molar-refractivity contribution in [3.05, 3.63) is 34.3 Å². The van der Waals surface area contributed by atoms with Crippen molar-refractivity contribution in [3.8, 4) is 0 Å². The van der Waals surface area contributed by atoms with Gasteiger partial charge in [-0.1, -0.05) is 17.7 Å². The van der Waals surface area contributed by atoms with Crippen molar-refractivity contribution in [2.75, 3.05) is 12.9 Å². The molecule has 0 aliphatic heterocycles. The molecule has 0 saturated carbocycles. The summed E-state index contributed by atoms with van der Waals surface area (Å²) < 4.78 is 0. The van der Waals surface area contributed by atoms with Crippen molar-refractivity contribution in [2.45, 2.75) is 26.3 Å². The van der Waals surface area contributed by atoms with Crippen LogP contribution >= 0.6 is 23.2 Å². The van der Waals surface area contributed by atoms with E-state index in [-0.39, 0.29) is 11.4 Å². The summed E-state index contributed by atoms with van der Waals surface area (Å²) in [5.41, 5.74) is 1.16. The zero-order valence-corrected chi connectivity index (χ0v) is 12.1. The number of hydrogen-bond donors (Lipinski definition) is 0. The fourth-order valence-electron chi connectivity index (χ4n) is 1.37. The molecule has 0 aromatic heterocycles. The summed E-state index contributed by atoms with van der Waals surface area (Å²) in [6, 6.07) is 5.32. The summed E-state index contributed by atoms with van der Waals surface area (Å²) in [6.07, 6.45) is 0. The number of rotatable bonds is 3. The third-order valence-electron chi connectivity index (χ3n) is 2.97. The Morgan fingerprint density at radius 2 is 2.00 bits per heavy atom. The molecule has 0 N–H and O–H groups in total. The minimum Gasteiger partial charge on any atom is -0.335 e. The normalized spacial score (nSPS) is 11.4. The van der Waals surface area contributed by atoms with Gasteiger partial charge in [0.1, 0.15) is 0 Å². The molecule has 17 heavy (non-hydrogen) atoms. The number of halogens is 2. The first-order chi connectivity index (χ1) is 7.79. The van der Waals surface area contributed by atoms with Crippen LogP contribution in [-0.2, 0) is 0 Å². The van der Waals surface area contributed by atoms with Crippen molar-refractivity contribution in [2.24, 2.45) is 0 Å². The molecule has 1 aromatic rings. The highest BCUT2D eigenvalue weighted by molar-refractivity contribution is 6.31. The number of carbonyl (C=O) groups excluding carboxylic acids is 1. The first-order valence-electron chi connectivity index (χ1n) is 5.40. The van der Waals surface area contributed by atoms with Gasteiger partial charge in [0.25, 0.3) is 5.91 Å². The standard InChI is InChI=1S/C13H17Cl2NO/c1-9-5-6-10(15)7-11(9)12(17)16(4)13(2,3)8-14/h5-7H,8H2,1-4H3. The molecule has 0 spiro atoms. The molecule has 1 rings (SSSR count). The smallest absolute Gasteiger partial charge is 0.254 e. The largest absolute Gasteiger partial charge is 0.335 e. The van der Waals surface area contributed by atoms with Gasteiger partial charge in [-0.15, -0.1) is 11.6 Å². The quantitative estimate of drug-likeness (QED) is 0.769. The molecule has 0 aliphatic carbocycles. The molecule has 94 valence electrons. The summed E-state index contributed by atoms with van der Waals surface area (Å²) in [5, 5.41) is 0.566. The second-order valence-electron chi connectivity index (χ2n) is 4.77. The van der Waals surface area contributed by atoms with Gasteiger partial charge in [-0.2, -0.15) is 0 Å². The SMILES string of the molecule is Cc1ccc(Cl)cc1C(=O)N(C)C(C)(C)CCl. The average molecular weight is 274 g/mol. The van der Waals surface area contributed by atoms with E-state index >= 15 is 0 Å². The van der Waals surface area contributed by atoms with Gasteiger partial charge in [0, 0.05) is 23.5 Å². The van der Waals surface area contributed by atoms with Crippen molar-refractivity contribution in [3.63, 3.8) is 0 Å². The lowest BCUT2D eigenvalue weighted by Crippen LogP contribution is -2.46. The highest BCUT2D eigenvalue weighted by Gasteiger charge is 2.28. The highest BCUT2D eigenvalue weighted by Crippen LogP contribution is 2.21. The molecule has 0 atom stereocenters. The maximum absolute atomic E-state index is 12.3. The fraction of sp³-hybridized carbons (Fsp3) is 0.462. The molecule has 0 heterocycles. The lowest BCUT2D eigenvalue weighted by molar-refractivity contribution is 0.0659. The number of carbonyl (C=O) groups is 1. The van der Waals surface area contributed by atoms with Crippen molar-refractivity contribution < 1.29 is 4.79 Å². The van der Waals surface area contributed by atoms with E-state index in [1.54, 1.807) is 24.1 Å². The third-order valence-corrected chi connectivity index (χ3v) is 3.86. The topological polar surface area (TPSA) is 20.3 Å².